The summed E-state index contributed by atoms with van der Waals surface area (Å²) in [5, 5.41) is 32.3. The molecule has 26 nitrogen and oxygen atoms in total. The van der Waals surface area contributed by atoms with Gasteiger partial charge in [-0.05, 0) is 0 Å². The van der Waals surface area contributed by atoms with Gasteiger partial charge in [0.05, 0.1) is 25.9 Å². The number of aliphatic hydroxyl groups excluding tert-OH is 3. The summed E-state index contributed by atoms with van der Waals surface area (Å²) < 4.78 is 68.5. The molecule has 29 heteroatoms. The van der Waals surface area contributed by atoms with E-state index >= 15 is 0 Å². The third-order valence-corrected chi connectivity index (χ3v) is 10.4. The molecule has 0 aliphatic carbocycles. The van der Waals surface area contributed by atoms with Crippen LogP contribution in [-0.4, -0.2) is 124 Å². The Morgan fingerprint density at radius 2 is 1.18 bits per heavy atom. The standard InChI is InChI=1S/C20H27N10O16P3/c21-15-9-17(25-3-23-15)29(5-27-9)19-13(33)11(31)7(43-19)1-41-48(37,38)45-14-12(32)8(2-42-49(39,40)46-47(34,35)36)44-20(14)30-6-28-10-16(22)24-4-26-18(10)30/h3-8,11-14,19-20,31-33H,1-2H2,(H,37,38)(H,39,40)(H2,21,23,25)(H2,22,24,26)(H2,34,35,36). The molecular formula is C20H27N10O16P3. The number of ether oxygens (including phenoxy) is 2. The van der Waals surface area contributed by atoms with Gasteiger partial charge in [-0.25, -0.2) is 43.6 Å². The molecule has 2 saturated heterocycles. The second kappa shape index (κ2) is 13.2. The van der Waals surface area contributed by atoms with Crippen molar-refractivity contribution in [3.8, 4) is 0 Å². The van der Waals surface area contributed by atoms with Crippen LogP contribution in [0.15, 0.2) is 25.3 Å². The lowest BCUT2D eigenvalue weighted by Crippen LogP contribution is -2.36. The molecule has 49 heavy (non-hydrogen) atoms. The number of nitrogen functional groups attached to an aromatic ring is 2. The lowest BCUT2D eigenvalue weighted by atomic mass is 10.1. The summed E-state index contributed by atoms with van der Waals surface area (Å²) in [6.45, 7) is -1.91. The zero-order valence-corrected chi connectivity index (χ0v) is 26.9. The molecule has 0 bridgehead atoms. The molecule has 6 rings (SSSR count). The third kappa shape index (κ3) is 7.36. The van der Waals surface area contributed by atoms with Crippen LogP contribution in [0.5, 0.6) is 0 Å². The van der Waals surface area contributed by atoms with Crippen LogP contribution in [-0.2, 0) is 41.1 Å². The van der Waals surface area contributed by atoms with E-state index in [4.69, 9.17) is 39.8 Å². The molecule has 10 unspecified atom stereocenters. The molecule has 2 aliphatic rings. The Morgan fingerprint density at radius 1 is 0.694 bits per heavy atom. The third-order valence-electron chi connectivity index (χ3n) is 7.24. The maximum atomic E-state index is 13.2. The van der Waals surface area contributed by atoms with E-state index < -0.39 is 85.8 Å². The van der Waals surface area contributed by atoms with Crippen molar-refractivity contribution in [2.24, 2.45) is 0 Å². The summed E-state index contributed by atoms with van der Waals surface area (Å²) in [7, 11) is -16.2. The number of rotatable bonds is 12. The van der Waals surface area contributed by atoms with Crippen LogP contribution < -0.4 is 11.5 Å². The Labute approximate surface area is 271 Å². The van der Waals surface area contributed by atoms with Crippen LogP contribution >= 0.6 is 23.5 Å². The predicted molar refractivity (Wildman–Crippen MR) is 155 cm³/mol. The fourth-order valence-corrected chi connectivity index (χ4v) is 7.61. The molecule has 6 heterocycles. The van der Waals surface area contributed by atoms with Crippen molar-refractivity contribution in [1.29, 1.82) is 0 Å². The van der Waals surface area contributed by atoms with Crippen molar-refractivity contribution in [3.05, 3.63) is 25.3 Å². The van der Waals surface area contributed by atoms with Crippen molar-refractivity contribution in [3.63, 3.8) is 0 Å². The quantitative estimate of drug-likeness (QED) is 0.0671. The van der Waals surface area contributed by atoms with Crippen LogP contribution in [0.1, 0.15) is 12.5 Å². The summed E-state index contributed by atoms with van der Waals surface area (Å²) in [5.41, 5.74) is 12.0. The molecule has 4 aromatic rings. The van der Waals surface area contributed by atoms with Crippen LogP contribution in [0.25, 0.3) is 22.3 Å². The lowest BCUT2D eigenvalue weighted by Gasteiger charge is -2.25. The number of aliphatic hydroxyl groups is 3. The van der Waals surface area contributed by atoms with Gasteiger partial charge in [0.1, 0.15) is 60.3 Å². The van der Waals surface area contributed by atoms with Gasteiger partial charge in [-0.15, -0.1) is 0 Å². The van der Waals surface area contributed by atoms with Crippen molar-refractivity contribution in [2.75, 3.05) is 24.7 Å². The first kappa shape index (κ1) is 35.7. The Bertz CT molecular complexity index is 1990. The summed E-state index contributed by atoms with van der Waals surface area (Å²) in [5.74, 6) is -0.0264. The Hall–Kier alpha value is -3.13. The molecule has 2 fully saturated rings. The monoisotopic (exact) mass is 756 g/mol. The van der Waals surface area contributed by atoms with Gasteiger partial charge in [0.15, 0.2) is 35.4 Å². The zero-order valence-electron chi connectivity index (χ0n) is 24.2. The first-order chi connectivity index (χ1) is 22.9. The van der Waals surface area contributed by atoms with Crippen LogP contribution in [0.2, 0.25) is 0 Å². The van der Waals surface area contributed by atoms with E-state index in [2.05, 4.69) is 38.7 Å². The predicted octanol–water partition coefficient (Wildman–Crippen LogP) is -2.56. The van der Waals surface area contributed by atoms with Gasteiger partial charge in [0.2, 0.25) is 0 Å². The second-order valence-electron chi connectivity index (χ2n) is 10.4. The molecule has 11 N–H and O–H groups in total. The van der Waals surface area contributed by atoms with Gasteiger partial charge in [-0.2, -0.15) is 4.31 Å². The lowest BCUT2D eigenvalue weighted by molar-refractivity contribution is -0.0613. The minimum Gasteiger partial charge on any atom is -0.387 e. The summed E-state index contributed by atoms with van der Waals surface area (Å²) in [4.78, 5) is 61.8. The van der Waals surface area contributed by atoms with Crippen molar-refractivity contribution >= 4 is 57.4 Å². The average molecular weight is 756 g/mol. The van der Waals surface area contributed by atoms with Gasteiger partial charge < -0.3 is 55.8 Å². The minimum absolute atomic E-state index is 0.00668. The van der Waals surface area contributed by atoms with E-state index in [-0.39, 0.29) is 34.0 Å². The fourth-order valence-electron chi connectivity index (χ4n) is 5.08. The fraction of sp³-hybridized carbons (Fsp3) is 0.500. The maximum absolute atomic E-state index is 13.2. The molecule has 0 spiro atoms. The highest BCUT2D eigenvalue weighted by Crippen LogP contribution is 2.58. The number of hydrogen-bond acceptors (Lipinski definition) is 20. The second-order valence-corrected chi connectivity index (χ2v) is 14.7. The number of fused-ring (bicyclic) bond motifs is 2. The zero-order chi connectivity index (χ0) is 35.5. The maximum Gasteiger partial charge on any atom is 0.481 e. The number of phosphoric ester groups is 2. The van der Waals surface area contributed by atoms with Gasteiger partial charge in [-0.3, -0.25) is 22.7 Å². The molecule has 0 saturated carbocycles. The highest BCUT2D eigenvalue weighted by molar-refractivity contribution is 7.60. The highest BCUT2D eigenvalue weighted by atomic mass is 31.3. The average Bonchev–Trinajstić information content (AvgIpc) is 3.76. The number of anilines is 2. The van der Waals surface area contributed by atoms with Gasteiger partial charge in [-0.1, -0.05) is 0 Å². The summed E-state index contributed by atoms with van der Waals surface area (Å²) in [6, 6.07) is 0. The molecule has 2 aliphatic heterocycles. The van der Waals surface area contributed by atoms with Crippen LogP contribution in [0.3, 0.4) is 0 Å². The smallest absolute Gasteiger partial charge is 0.387 e. The minimum atomic E-state index is -5.49. The first-order valence-electron chi connectivity index (χ1n) is 13.6. The molecule has 4 aromatic heterocycles. The number of hydrogen-bond donors (Lipinski definition) is 9. The molecule has 268 valence electrons. The molecule has 10 atom stereocenters. The van der Waals surface area contributed by atoms with Crippen molar-refractivity contribution in [2.45, 2.75) is 49.1 Å². The number of imidazole rings is 2. The Kier molecular flexibility index (Phi) is 9.62. The van der Waals surface area contributed by atoms with E-state index in [9.17, 15) is 38.8 Å². The van der Waals surface area contributed by atoms with Gasteiger partial charge in [0, 0.05) is 0 Å². The van der Waals surface area contributed by atoms with E-state index in [0.29, 0.717) is 0 Å². The Balaban J connectivity index is 1.19. The van der Waals surface area contributed by atoms with E-state index in [1.165, 1.54) is 10.9 Å². The first-order valence-corrected chi connectivity index (χ1v) is 18.1. The van der Waals surface area contributed by atoms with Crippen molar-refractivity contribution in [1.82, 2.24) is 39.0 Å². The molecule has 0 amide bonds. The number of aromatic nitrogens is 8. The topological polar surface area (TPSA) is 387 Å². The molecule has 0 aromatic carbocycles. The van der Waals surface area contributed by atoms with Crippen LogP contribution in [0.4, 0.5) is 11.6 Å². The number of phosphoric acid groups is 3. The van der Waals surface area contributed by atoms with Crippen molar-refractivity contribution < 1.29 is 75.9 Å². The van der Waals surface area contributed by atoms with E-state index in [1.807, 2.05) is 0 Å². The number of nitrogens with zero attached hydrogens (tertiary/aromatic N) is 8. The van der Waals surface area contributed by atoms with Gasteiger partial charge in [0.25, 0.3) is 0 Å². The highest BCUT2D eigenvalue weighted by Gasteiger charge is 2.51. The van der Waals surface area contributed by atoms with E-state index in [1.54, 1.807) is 0 Å². The molecular weight excluding hydrogens is 729 g/mol. The van der Waals surface area contributed by atoms with Gasteiger partial charge >= 0.3 is 23.5 Å². The number of nitrogens with two attached hydrogens (primary N) is 2. The summed E-state index contributed by atoms with van der Waals surface area (Å²) in [6.07, 6.45) is -8.56. The normalized spacial score (nSPS) is 30.2. The largest absolute Gasteiger partial charge is 0.481 e. The Morgan fingerprint density at radius 3 is 1.73 bits per heavy atom. The molecule has 0 radical (unpaired) electrons. The van der Waals surface area contributed by atoms with E-state index in [0.717, 1.165) is 23.5 Å². The van der Waals surface area contributed by atoms with Crippen LogP contribution in [0, 0.1) is 0 Å². The SMILES string of the molecule is Nc1ncnc2c1ncn2C1OC(COP(=O)(O)OC2C(O)C(COP(=O)(O)OP(=O)(O)O)OC2n2cnc3c(N)ncnc32)C(O)C1O. The summed E-state index contributed by atoms with van der Waals surface area (Å²) >= 11 is 0.